The number of benzene rings is 2. The van der Waals surface area contributed by atoms with Crippen molar-refractivity contribution in [2.75, 3.05) is 31.1 Å². The van der Waals surface area contributed by atoms with Gasteiger partial charge < -0.3 is 4.90 Å². The molecule has 0 aromatic heterocycles. The minimum atomic E-state index is -4.35. The van der Waals surface area contributed by atoms with Crippen LogP contribution in [0, 0.1) is 20.2 Å². The van der Waals surface area contributed by atoms with Crippen molar-refractivity contribution in [3.05, 3.63) is 67.8 Å². The number of hydrogen-bond donors (Lipinski definition) is 4. The Balaban J connectivity index is 1.88. The van der Waals surface area contributed by atoms with Crippen molar-refractivity contribution < 1.29 is 38.3 Å². The molecule has 3 rings (SSSR count). The molecule has 186 valence electrons. The van der Waals surface area contributed by atoms with Gasteiger partial charge in [0, 0.05) is 49.9 Å². The summed E-state index contributed by atoms with van der Waals surface area (Å²) in [6, 6.07) is 6.05. The number of hydroxylamine groups is 2. The Kier molecular flexibility index (Phi) is 7.25. The van der Waals surface area contributed by atoms with Gasteiger partial charge in [0.1, 0.15) is 5.69 Å². The first-order valence-electron chi connectivity index (χ1n) is 9.72. The quantitative estimate of drug-likeness (QED) is 0.224. The van der Waals surface area contributed by atoms with Crippen LogP contribution in [0.15, 0.2) is 41.3 Å². The van der Waals surface area contributed by atoms with E-state index in [0.29, 0.717) is 0 Å². The summed E-state index contributed by atoms with van der Waals surface area (Å²) in [5.41, 5.74) is 0.996. The Morgan fingerprint density at radius 3 is 2.06 bits per heavy atom. The molecular formula is C18H18N6O10S. The number of nitro groups is 2. The molecule has 0 aliphatic carbocycles. The Morgan fingerprint density at radius 2 is 1.51 bits per heavy atom. The smallest absolute Gasteiger partial charge is 0.293 e. The van der Waals surface area contributed by atoms with Gasteiger partial charge in [-0.25, -0.2) is 19.4 Å². The van der Waals surface area contributed by atoms with Crippen molar-refractivity contribution in [3.63, 3.8) is 0 Å². The monoisotopic (exact) mass is 510 g/mol. The van der Waals surface area contributed by atoms with E-state index in [2.05, 4.69) is 0 Å². The van der Waals surface area contributed by atoms with Crippen LogP contribution in [0.25, 0.3) is 0 Å². The van der Waals surface area contributed by atoms with Gasteiger partial charge in [-0.15, -0.1) is 0 Å². The molecule has 0 bridgehead atoms. The van der Waals surface area contributed by atoms with Crippen molar-refractivity contribution in [2.45, 2.75) is 4.90 Å². The highest BCUT2D eigenvalue weighted by Gasteiger charge is 2.34. The lowest BCUT2D eigenvalue weighted by Gasteiger charge is -2.35. The molecule has 0 atom stereocenters. The third-order valence-electron chi connectivity index (χ3n) is 5.25. The molecular weight excluding hydrogens is 492 g/mol. The summed E-state index contributed by atoms with van der Waals surface area (Å²) in [5.74, 6) is -2.20. The van der Waals surface area contributed by atoms with Crippen molar-refractivity contribution >= 4 is 38.9 Å². The third-order valence-corrected chi connectivity index (χ3v) is 7.21. The molecule has 0 spiro atoms. The van der Waals surface area contributed by atoms with Gasteiger partial charge >= 0.3 is 0 Å². The van der Waals surface area contributed by atoms with Crippen LogP contribution in [-0.2, 0) is 10.0 Å². The number of carbonyl (C=O) groups is 2. The first-order valence-corrected chi connectivity index (χ1v) is 11.2. The number of nitrogens with zero attached hydrogens (tertiary/aromatic N) is 4. The topological polar surface area (TPSA) is 226 Å². The maximum atomic E-state index is 13.2. The van der Waals surface area contributed by atoms with Crippen LogP contribution in [0.5, 0.6) is 0 Å². The van der Waals surface area contributed by atoms with Gasteiger partial charge in [0.25, 0.3) is 23.2 Å². The molecule has 2 aromatic carbocycles. The predicted octanol–water partition coefficient (Wildman–Crippen LogP) is 0.252. The summed E-state index contributed by atoms with van der Waals surface area (Å²) < 4.78 is 27.4. The first kappa shape index (κ1) is 25.4. The molecule has 1 saturated heterocycles. The van der Waals surface area contributed by atoms with E-state index < -0.39 is 53.5 Å². The van der Waals surface area contributed by atoms with Crippen LogP contribution in [0.4, 0.5) is 17.1 Å². The van der Waals surface area contributed by atoms with Crippen molar-refractivity contribution in [3.8, 4) is 0 Å². The fourth-order valence-corrected chi connectivity index (χ4v) is 5.14. The van der Waals surface area contributed by atoms with Crippen LogP contribution >= 0.6 is 0 Å². The van der Waals surface area contributed by atoms with Crippen LogP contribution < -0.4 is 15.9 Å². The largest absolute Gasteiger partial charge is 0.363 e. The summed E-state index contributed by atoms with van der Waals surface area (Å²) >= 11 is 0. The van der Waals surface area contributed by atoms with E-state index in [1.165, 1.54) is 28.0 Å². The van der Waals surface area contributed by atoms with Crippen molar-refractivity contribution in [1.29, 1.82) is 0 Å². The minimum absolute atomic E-state index is 0.000123. The number of nitro benzene ring substituents is 2. The van der Waals surface area contributed by atoms with Gasteiger partial charge in [-0.3, -0.25) is 40.2 Å². The molecule has 2 amide bonds. The molecule has 1 aliphatic heterocycles. The highest BCUT2D eigenvalue weighted by atomic mass is 32.2. The van der Waals surface area contributed by atoms with Gasteiger partial charge in [0.05, 0.1) is 20.3 Å². The second-order valence-electron chi connectivity index (χ2n) is 7.17. The van der Waals surface area contributed by atoms with Gasteiger partial charge in [0.15, 0.2) is 0 Å². The van der Waals surface area contributed by atoms with E-state index in [-0.39, 0.29) is 37.4 Å². The molecule has 4 N–H and O–H groups in total. The standard InChI is InChI=1S/C18H18N6O10S/c25-17(19-27)11-1-3-14(15(9-11)24(31)32)21-5-7-22(8-6-21)35(33,34)16-4-2-12(23(29)30)10-13(16)18(26)20-28/h1-4,9-10,27-28H,5-8H2,(H,19,25)(H,20,26). The van der Waals surface area contributed by atoms with E-state index >= 15 is 0 Å². The lowest BCUT2D eigenvalue weighted by Crippen LogP contribution is -2.49. The summed E-state index contributed by atoms with van der Waals surface area (Å²) in [4.78, 5) is 45.5. The number of piperazine rings is 1. The number of carbonyl (C=O) groups excluding carboxylic acids is 2. The van der Waals surface area contributed by atoms with E-state index in [1.54, 1.807) is 0 Å². The van der Waals surface area contributed by atoms with Crippen LogP contribution in [-0.4, -0.2) is 71.0 Å². The number of anilines is 1. The van der Waals surface area contributed by atoms with Gasteiger partial charge in [0.2, 0.25) is 10.0 Å². The highest BCUT2D eigenvalue weighted by Crippen LogP contribution is 2.31. The molecule has 35 heavy (non-hydrogen) atoms. The number of sulfonamides is 1. The normalized spacial score (nSPS) is 14.3. The molecule has 16 nitrogen and oxygen atoms in total. The molecule has 0 saturated carbocycles. The molecule has 1 fully saturated rings. The summed E-state index contributed by atoms with van der Waals surface area (Å²) in [5, 5.41) is 40.2. The first-order chi connectivity index (χ1) is 16.5. The minimum Gasteiger partial charge on any atom is -0.363 e. The Morgan fingerprint density at radius 1 is 0.886 bits per heavy atom. The summed E-state index contributed by atoms with van der Waals surface area (Å²) in [6.45, 7) is -0.314. The highest BCUT2D eigenvalue weighted by molar-refractivity contribution is 7.89. The van der Waals surface area contributed by atoms with Crippen LogP contribution in [0.2, 0.25) is 0 Å². The molecule has 0 radical (unpaired) electrons. The lowest BCUT2D eigenvalue weighted by atomic mass is 10.1. The zero-order valence-corrected chi connectivity index (χ0v) is 18.5. The third kappa shape index (κ3) is 5.01. The molecule has 1 heterocycles. The fourth-order valence-electron chi connectivity index (χ4n) is 3.55. The summed E-state index contributed by atoms with van der Waals surface area (Å²) in [6.07, 6.45) is 0. The zero-order chi connectivity index (χ0) is 25.9. The van der Waals surface area contributed by atoms with E-state index in [4.69, 9.17) is 10.4 Å². The van der Waals surface area contributed by atoms with E-state index in [9.17, 15) is 38.2 Å². The van der Waals surface area contributed by atoms with Crippen molar-refractivity contribution in [2.24, 2.45) is 0 Å². The molecule has 1 aliphatic rings. The van der Waals surface area contributed by atoms with Gasteiger partial charge in [-0.1, -0.05) is 0 Å². The zero-order valence-electron chi connectivity index (χ0n) is 17.7. The maximum absolute atomic E-state index is 13.2. The SMILES string of the molecule is O=C(NO)c1ccc(N2CCN(S(=O)(=O)c3ccc([N+](=O)[O-])cc3C(=O)NO)CC2)c([N+](=O)[O-])c1. The average molecular weight is 510 g/mol. The lowest BCUT2D eigenvalue weighted by molar-refractivity contribution is -0.385. The molecule has 2 aromatic rings. The predicted molar refractivity (Wildman–Crippen MR) is 116 cm³/mol. The van der Waals surface area contributed by atoms with Crippen molar-refractivity contribution in [1.82, 2.24) is 15.3 Å². The van der Waals surface area contributed by atoms with Crippen LogP contribution in [0.3, 0.4) is 0 Å². The Bertz CT molecular complexity index is 1310. The maximum Gasteiger partial charge on any atom is 0.293 e. The van der Waals surface area contributed by atoms with E-state index in [1.807, 2.05) is 0 Å². The van der Waals surface area contributed by atoms with Crippen LogP contribution in [0.1, 0.15) is 20.7 Å². The molecule has 17 heteroatoms. The Labute approximate surface area is 196 Å². The number of non-ortho nitro benzene ring substituents is 1. The number of rotatable bonds is 7. The average Bonchev–Trinajstić information content (AvgIpc) is 2.86. The number of nitrogens with one attached hydrogen (secondary N) is 2. The van der Waals surface area contributed by atoms with Gasteiger partial charge in [-0.05, 0) is 18.2 Å². The number of amides is 2. The fraction of sp³-hybridized carbons (Fsp3) is 0.222. The Hall–Kier alpha value is -4.19. The van der Waals surface area contributed by atoms with E-state index in [0.717, 1.165) is 28.6 Å². The van der Waals surface area contributed by atoms with Gasteiger partial charge in [-0.2, -0.15) is 4.31 Å². The second-order valence-corrected chi connectivity index (χ2v) is 9.08. The number of hydrogen-bond acceptors (Lipinski definition) is 11. The second kappa shape index (κ2) is 9.97. The summed E-state index contributed by atoms with van der Waals surface area (Å²) in [7, 11) is -4.35. The molecule has 0 unspecified atom stereocenters.